The number of benzene rings is 2. The van der Waals surface area contributed by atoms with E-state index in [1.54, 1.807) is 0 Å². The Morgan fingerprint density at radius 1 is 1.03 bits per heavy atom. The molecule has 1 aliphatic carbocycles. The summed E-state index contributed by atoms with van der Waals surface area (Å²) in [5.74, 6) is -0.295. The van der Waals surface area contributed by atoms with Crippen LogP contribution in [0.15, 0.2) is 30.3 Å². The van der Waals surface area contributed by atoms with Gasteiger partial charge in [0.15, 0.2) is 0 Å². The predicted molar refractivity (Wildman–Crippen MR) is 123 cm³/mol. The van der Waals surface area contributed by atoms with Crippen molar-refractivity contribution in [2.24, 2.45) is 0 Å². The molecule has 156 valence electrons. The number of aromatic nitrogens is 1. The van der Waals surface area contributed by atoms with Crippen molar-refractivity contribution in [2.75, 3.05) is 18.5 Å². The maximum atomic E-state index is 11.9. The third-order valence-electron chi connectivity index (χ3n) is 7.24. The van der Waals surface area contributed by atoms with Crippen LogP contribution in [-0.4, -0.2) is 29.2 Å². The molecule has 2 heterocycles. The van der Waals surface area contributed by atoms with E-state index >= 15 is 0 Å². The molecule has 0 radical (unpaired) electrons. The van der Waals surface area contributed by atoms with Crippen LogP contribution in [0.3, 0.4) is 0 Å². The number of aromatic carboxylic acids is 1. The summed E-state index contributed by atoms with van der Waals surface area (Å²) in [6.45, 7) is 5.91. The minimum absolute atomic E-state index is 0.416. The van der Waals surface area contributed by atoms with Crippen LogP contribution in [-0.2, 0) is 6.54 Å². The Balaban J connectivity index is 1.89. The number of carboxylic acid groups (broad SMARTS) is 1. The van der Waals surface area contributed by atoms with Crippen molar-refractivity contribution in [3.8, 4) is 11.3 Å². The lowest BCUT2D eigenvalue weighted by molar-refractivity contribution is 0.0696. The summed E-state index contributed by atoms with van der Waals surface area (Å²) in [6, 6.07) is 10.7. The Morgan fingerprint density at radius 3 is 2.53 bits per heavy atom. The molecule has 0 atom stereocenters. The quantitative estimate of drug-likeness (QED) is 0.561. The van der Waals surface area contributed by atoms with E-state index in [9.17, 15) is 9.90 Å². The van der Waals surface area contributed by atoms with Crippen molar-refractivity contribution >= 4 is 22.6 Å². The number of carbonyl (C=O) groups is 1. The molecule has 30 heavy (non-hydrogen) atoms. The summed E-state index contributed by atoms with van der Waals surface area (Å²) in [6.07, 6.45) is 6.34. The minimum Gasteiger partial charge on any atom is -0.478 e. The highest BCUT2D eigenvalue weighted by atomic mass is 16.4. The Morgan fingerprint density at radius 2 is 1.80 bits per heavy atom. The van der Waals surface area contributed by atoms with Gasteiger partial charge in [0.1, 0.15) is 0 Å². The third-order valence-corrected chi connectivity index (χ3v) is 7.24. The maximum Gasteiger partial charge on any atom is 0.336 e. The SMILES string of the molecule is Cc1ccc2c(c1)N(C)CCn1c-2c(C2CCCCC2)c2ccc(C(=O)O)c(C)c21. The van der Waals surface area contributed by atoms with Crippen molar-refractivity contribution in [3.63, 3.8) is 0 Å². The molecule has 0 amide bonds. The Kier molecular flexibility index (Phi) is 4.61. The van der Waals surface area contributed by atoms with Gasteiger partial charge in [0, 0.05) is 36.8 Å². The van der Waals surface area contributed by atoms with E-state index in [1.807, 2.05) is 13.0 Å². The Bertz CT molecular complexity index is 1150. The van der Waals surface area contributed by atoms with Gasteiger partial charge in [0.2, 0.25) is 0 Å². The van der Waals surface area contributed by atoms with Gasteiger partial charge in [0.05, 0.1) is 16.8 Å². The van der Waals surface area contributed by atoms with E-state index in [-0.39, 0.29) is 0 Å². The summed E-state index contributed by atoms with van der Waals surface area (Å²) in [5, 5.41) is 11.0. The van der Waals surface area contributed by atoms with E-state index in [0.29, 0.717) is 11.5 Å². The summed E-state index contributed by atoms with van der Waals surface area (Å²) in [7, 11) is 2.17. The molecule has 0 unspecified atom stereocenters. The molecule has 1 fully saturated rings. The first-order valence-electron chi connectivity index (χ1n) is 11.2. The van der Waals surface area contributed by atoms with Crippen LogP contribution in [0.5, 0.6) is 0 Å². The number of likely N-dealkylation sites (N-methyl/N-ethyl adjacent to an activating group) is 1. The molecule has 1 aliphatic heterocycles. The van der Waals surface area contributed by atoms with Gasteiger partial charge in [-0.3, -0.25) is 0 Å². The van der Waals surface area contributed by atoms with Crippen LogP contribution in [0.25, 0.3) is 22.2 Å². The number of hydrogen-bond acceptors (Lipinski definition) is 2. The highest BCUT2D eigenvalue weighted by Crippen LogP contribution is 2.48. The Labute approximate surface area is 178 Å². The zero-order valence-electron chi connectivity index (χ0n) is 18.2. The minimum atomic E-state index is -0.842. The fraction of sp³-hybridized carbons (Fsp3) is 0.423. The highest BCUT2D eigenvalue weighted by molar-refractivity contribution is 6.02. The van der Waals surface area contributed by atoms with Crippen LogP contribution in [0.1, 0.15) is 65.1 Å². The molecule has 2 aliphatic rings. The number of fused-ring (bicyclic) bond motifs is 5. The number of carboxylic acids is 1. The first kappa shape index (κ1) is 19.2. The second-order valence-corrected chi connectivity index (χ2v) is 9.13. The topological polar surface area (TPSA) is 45.5 Å². The molecule has 4 nitrogen and oxygen atoms in total. The lowest BCUT2D eigenvalue weighted by Gasteiger charge is -2.24. The lowest BCUT2D eigenvalue weighted by Crippen LogP contribution is -2.21. The van der Waals surface area contributed by atoms with E-state index in [0.717, 1.165) is 24.2 Å². The standard InChI is InChI=1S/C26H30N2O2/c1-16-9-10-20-22(15-16)27(3)13-14-28-24-17(2)19(26(29)30)11-12-21(24)23(25(20)28)18-7-5-4-6-8-18/h9-12,15,18H,4-8,13-14H2,1-3H3,(H,29,30). The highest BCUT2D eigenvalue weighted by Gasteiger charge is 2.31. The molecule has 1 N–H and O–H groups in total. The fourth-order valence-electron chi connectivity index (χ4n) is 5.73. The molecular formula is C26H30N2O2. The second kappa shape index (κ2) is 7.19. The van der Waals surface area contributed by atoms with Crippen LogP contribution in [0.2, 0.25) is 0 Å². The van der Waals surface area contributed by atoms with Crippen molar-refractivity contribution < 1.29 is 9.90 Å². The molecule has 1 saturated carbocycles. The van der Waals surface area contributed by atoms with Gasteiger partial charge < -0.3 is 14.6 Å². The molecule has 4 heteroatoms. The van der Waals surface area contributed by atoms with E-state index in [4.69, 9.17) is 0 Å². The van der Waals surface area contributed by atoms with Crippen LogP contribution >= 0.6 is 0 Å². The predicted octanol–water partition coefficient (Wildman–Crippen LogP) is 6.12. The van der Waals surface area contributed by atoms with Crippen molar-refractivity contribution in [1.29, 1.82) is 0 Å². The van der Waals surface area contributed by atoms with Crippen LogP contribution in [0, 0.1) is 13.8 Å². The number of nitrogens with zero attached hydrogens (tertiary/aromatic N) is 2. The number of anilines is 1. The number of hydrogen-bond donors (Lipinski definition) is 1. The maximum absolute atomic E-state index is 11.9. The molecule has 5 rings (SSSR count). The van der Waals surface area contributed by atoms with Gasteiger partial charge in [-0.1, -0.05) is 37.5 Å². The van der Waals surface area contributed by atoms with Gasteiger partial charge in [0.25, 0.3) is 0 Å². The summed E-state index contributed by atoms with van der Waals surface area (Å²) in [4.78, 5) is 14.2. The van der Waals surface area contributed by atoms with Crippen molar-refractivity contribution in [1.82, 2.24) is 4.57 Å². The third kappa shape index (κ3) is 2.84. The molecule has 0 spiro atoms. The fourth-order valence-corrected chi connectivity index (χ4v) is 5.73. The summed E-state index contributed by atoms with van der Waals surface area (Å²) >= 11 is 0. The first-order valence-corrected chi connectivity index (χ1v) is 11.2. The normalized spacial score (nSPS) is 17.0. The molecule has 0 saturated heterocycles. The Hall–Kier alpha value is -2.75. The average Bonchev–Trinajstić information content (AvgIpc) is 3.00. The monoisotopic (exact) mass is 402 g/mol. The summed E-state index contributed by atoms with van der Waals surface area (Å²) in [5.41, 5.74) is 9.03. The molecule has 3 aromatic rings. The van der Waals surface area contributed by atoms with Gasteiger partial charge in [-0.05, 0) is 61.4 Å². The first-order chi connectivity index (χ1) is 14.5. The van der Waals surface area contributed by atoms with E-state index in [2.05, 4.69) is 47.7 Å². The van der Waals surface area contributed by atoms with E-state index < -0.39 is 5.97 Å². The van der Waals surface area contributed by atoms with E-state index in [1.165, 1.54) is 65.6 Å². The van der Waals surface area contributed by atoms with Gasteiger partial charge in [-0.25, -0.2) is 4.79 Å². The smallest absolute Gasteiger partial charge is 0.336 e. The number of rotatable bonds is 2. The summed E-state index contributed by atoms with van der Waals surface area (Å²) < 4.78 is 2.43. The number of aryl methyl sites for hydroxylation is 2. The van der Waals surface area contributed by atoms with Gasteiger partial charge >= 0.3 is 5.97 Å². The largest absolute Gasteiger partial charge is 0.478 e. The van der Waals surface area contributed by atoms with Crippen molar-refractivity contribution in [2.45, 2.75) is 58.4 Å². The molecule has 1 aromatic heterocycles. The second-order valence-electron chi connectivity index (χ2n) is 9.13. The molecule has 2 aromatic carbocycles. The molecular weight excluding hydrogens is 372 g/mol. The zero-order valence-corrected chi connectivity index (χ0v) is 18.2. The van der Waals surface area contributed by atoms with Crippen LogP contribution in [0.4, 0.5) is 5.69 Å². The average molecular weight is 403 g/mol. The van der Waals surface area contributed by atoms with Gasteiger partial charge in [-0.2, -0.15) is 0 Å². The van der Waals surface area contributed by atoms with Crippen molar-refractivity contribution in [3.05, 3.63) is 52.6 Å². The molecule has 0 bridgehead atoms. The zero-order chi connectivity index (χ0) is 21.0. The lowest BCUT2D eigenvalue weighted by atomic mass is 9.81. The van der Waals surface area contributed by atoms with Crippen LogP contribution < -0.4 is 4.90 Å². The van der Waals surface area contributed by atoms with Gasteiger partial charge in [-0.15, -0.1) is 0 Å².